The molecule has 0 amide bonds. The van der Waals surface area contributed by atoms with Crippen LogP contribution in [0.25, 0.3) is 0 Å². The lowest BCUT2D eigenvalue weighted by Crippen LogP contribution is -2.02. The van der Waals surface area contributed by atoms with Gasteiger partial charge in [-0.15, -0.1) is 0 Å². The fraction of sp³-hybridized carbons (Fsp3) is 0.333. The number of hydrogen-bond donors (Lipinski definition) is 1. The molecule has 0 spiro atoms. The second-order valence-electron chi connectivity index (χ2n) is 4.58. The molecular weight excluding hydrogens is 318 g/mol. The van der Waals surface area contributed by atoms with E-state index in [0.29, 0.717) is 5.88 Å². The monoisotopic (exact) mass is 335 g/mol. The minimum absolute atomic E-state index is 0.605. The summed E-state index contributed by atoms with van der Waals surface area (Å²) in [6, 6.07) is 4.00. The third kappa shape index (κ3) is 2.93. The van der Waals surface area contributed by atoms with Crippen molar-refractivity contribution in [1.29, 1.82) is 0 Å². The smallest absolute Gasteiger partial charge is 0.227 e. The van der Waals surface area contributed by atoms with Gasteiger partial charge >= 0.3 is 0 Å². The molecule has 1 heterocycles. The van der Waals surface area contributed by atoms with Crippen LogP contribution in [0.2, 0.25) is 0 Å². The van der Waals surface area contributed by atoms with E-state index < -0.39 is 0 Å². The number of aromatic nitrogens is 2. The Bertz CT molecular complexity index is 606. The summed E-state index contributed by atoms with van der Waals surface area (Å²) in [6.07, 6.45) is 2.32. The number of aryl methyl sites for hydroxylation is 2. The lowest BCUT2D eigenvalue weighted by Gasteiger charge is -2.13. The molecule has 0 atom stereocenters. The molecule has 20 heavy (non-hydrogen) atoms. The van der Waals surface area contributed by atoms with Gasteiger partial charge in [0, 0.05) is 11.5 Å². The minimum Gasteiger partial charge on any atom is -0.439 e. The summed E-state index contributed by atoms with van der Waals surface area (Å²) in [7, 11) is 1.85. The van der Waals surface area contributed by atoms with Crippen LogP contribution in [0, 0.1) is 13.8 Å². The Morgan fingerprint density at radius 3 is 2.40 bits per heavy atom. The highest BCUT2D eigenvalue weighted by Crippen LogP contribution is 2.31. The zero-order chi connectivity index (χ0) is 14.7. The first kappa shape index (κ1) is 14.8. The highest BCUT2D eigenvalue weighted by molar-refractivity contribution is 9.10. The van der Waals surface area contributed by atoms with Gasteiger partial charge in [-0.1, -0.05) is 22.9 Å². The molecule has 0 fully saturated rings. The Balaban J connectivity index is 2.40. The first-order valence-corrected chi connectivity index (χ1v) is 7.32. The molecule has 0 aliphatic heterocycles. The molecule has 2 aromatic rings. The topological polar surface area (TPSA) is 47.0 Å². The van der Waals surface area contributed by atoms with Gasteiger partial charge < -0.3 is 10.1 Å². The second kappa shape index (κ2) is 6.22. The molecule has 0 saturated heterocycles. The van der Waals surface area contributed by atoms with Gasteiger partial charge in [0.05, 0.1) is 5.56 Å². The maximum absolute atomic E-state index is 5.95. The van der Waals surface area contributed by atoms with Crippen LogP contribution in [0.15, 0.2) is 22.9 Å². The van der Waals surface area contributed by atoms with E-state index in [4.69, 9.17) is 4.74 Å². The van der Waals surface area contributed by atoms with E-state index in [2.05, 4.69) is 38.1 Å². The first-order chi connectivity index (χ1) is 9.56. The van der Waals surface area contributed by atoms with Gasteiger partial charge in [0.1, 0.15) is 17.9 Å². The highest BCUT2D eigenvalue weighted by atomic mass is 79.9. The molecule has 0 radical (unpaired) electrons. The van der Waals surface area contributed by atoms with Gasteiger partial charge in [-0.25, -0.2) is 9.97 Å². The number of benzene rings is 1. The maximum Gasteiger partial charge on any atom is 0.227 e. The standard InChI is InChI=1S/C15H18BrN3O/c1-5-12-14(17-4)18-8-19-15(12)20-11-6-9(2)13(16)10(3)7-11/h6-8H,5H2,1-4H3,(H,17,18,19). The highest BCUT2D eigenvalue weighted by Gasteiger charge is 2.12. The third-order valence-electron chi connectivity index (χ3n) is 3.12. The lowest BCUT2D eigenvalue weighted by atomic mass is 10.1. The van der Waals surface area contributed by atoms with Gasteiger partial charge in [-0.05, 0) is 43.5 Å². The molecule has 5 heteroatoms. The van der Waals surface area contributed by atoms with E-state index in [1.54, 1.807) is 0 Å². The number of nitrogens with one attached hydrogen (secondary N) is 1. The molecule has 0 saturated carbocycles. The van der Waals surface area contributed by atoms with Crippen LogP contribution in [0.3, 0.4) is 0 Å². The van der Waals surface area contributed by atoms with E-state index in [0.717, 1.165) is 39.2 Å². The molecule has 1 aromatic heterocycles. The van der Waals surface area contributed by atoms with Crippen molar-refractivity contribution in [2.75, 3.05) is 12.4 Å². The predicted molar refractivity (Wildman–Crippen MR) is 84.6 cm³/mol. The Labute approximate surface area is 127 Å². The van der Waals surface area contributed by atoms with Crippen molar-refractivity contribution in [3.05, 3.63) is 39.6 Å². The van der Waals surface area contributed by atoms with Crippen molar-refractivity contribution >= 4 is 21.7 Å². The van der Waals surface area contributed by atoms with Gasteiger partial charge in [0.2, 0.25) is 5.88 Å². The molecule has 1 N–H and O–H groups in total. The minimum atomic E-state index is 0.605. The summed E-state index contributed by atoms with van der Waals surface area (Å²) >= 11 is 3.56. The average molecular weight is 336 g/mol. The molecule has 0 bridgehead atoms. The van der Waals surface area contributed by atoms with E-state index in [1.165, 1.54) is 6.33 Å². The Hall–Kier alpha value is -1.62. The van der Waals surface area contributed by atoms with Crippen molar-refractivity contribution in [3.63, 3.8) is 0 Å². The predicted octanol–water partition coefficient (Wildman–Crippen LogP) is 4.25. The van der Waals surface area contributed by atoms with E-state index >= 15 is 0 Å². The SMILES string of the molecule is CCc1c(NC)ncnc1Oc1cc(C)c(Br)c(C)c1. The number of anilines is 1. The summed E-state index contributed by atoms with van der Waals surface area (Å²) in [6.45, 7) is 6.15. The second-order valence-corrected chi connectivity index (χ2v) is 5.38. The van der Waals surface area contributed by atoms with Crippen LogP contribution in [0.5, 0.6) is 11.6 Å². The van der Waals surface area contributed by atoms with Crippen molar-refractivity contribution in [1.82, 2.24) is 9.97 Å². The zero-order valence-corrected chi connectivity index (χ0v) is 13.7. The maximum atomic E-state index is 5.95. The molecule has 0 unspecified atom stereocenters. The Kier molecular flexibility index (Phi) is 4.60. The number of halogens is 1. The largest absolute Gasteiger partial charge is 0.439 e. The van der Waals surface area contributed by atoms with Crippen molar-refractivity contribution in [2.24, 2.45) is 0 Å². The van der Waals surface area contributed by atoms with Crippen LogP contribution in [0.4, 0.5) is 5.82 Å². The number of rotatable bonds is 4. The van der Waals surface area contributed by atoms with E-state index in [9.17, 15) is 0 Å². The first-order valence-electron chi connectivity index (χ1n) is 6.53. The summed E-state index contributed by atoms with van der Waals surface area (Å²) < 4.78 is 7.06. The molecule has 0 aliphatic rings. The van der Waals surface area contributed by atoms with Crippen molar-refractivity contribution in [3.8, 4) is 11.6 Å². The fourth-order valence-electron chi connectivity index (χ4n) is 2.09. The fourth-order valence-corrected chi connectivity index (χ4v) is 2.32. The van der Waals surface area contributed by atoms with Gasteiger partial charge in [-0.2, -0.15) is 0 Å². The molecular formula is C15H18BrN3O. The van der Waals surface area contributed by atoms with Crippen LogP contribution in [-0.2, 0) is 6.42 Å². The average Bonchev–Trinajstić information content (AvgIpc) is 2.44. The lowest BCUT2D eigenvalue weighted by molar-refractivity contribution is 0.455. The Morgan fingerprint density at radius 2 is 1.85 bits per heavy atom. The molecule has 4 nitrogen and oxygen atoms in total. The normalized spacial score (nSPS) is 10.4. The summed E-state index contributed by atoms with van der Waals surface area (Å²) in [4.78, 5) is 8.46. The molecule has 2 rings (SSSR count). The molecule has 0 aliphatic carbocycles. The van der Waals surface area contributed by atoms with Crippen LogP contribution in [0.1, 0.15) is 23.6 Å². The van der Waals surface area contributed by atoms with Crippen molar-refractivity contribution in [2.45, 2.75) is 27.2 Å². The summed E-state index contributed by atoms with van der Waals surface area (Å²) in [5, 5.41) is 3.07. The van der Waals surface area contributed by atoms with Gasteiger partial charge in [0.15, 0.2) is 0 Å². The van der Waals surface area contributed by atoms with Gasteiger partial charge in [0.25, 0.3) is 0 Å². The van der Waals surface area contributed by atoms with E-state index in [-0.39, 0.29) is 0 Å². The summed E-state index contributed by atoms with van der Waals surface area (Å²) in [5.41, 5.74) is 3.26. The van der Waals surface area contributed by atoms with Crippen molar-refractivity contribution < 1.29 is 4.74 Å². The Morgan fingerprint density at radius 1 is 1.20 bits per heavy atom. The van der Waals surface area contributed by atoms with Crippen LogP contribution in [-0.4, -0.2) is 17.0 Å². The summed E-state index contributed by atoms with van der Waals surface area (Å²) in [5.74, 6) is 2.20. The number of hydrogen-bond acceptors (Lipinski definition) is 4. The quantitative estimate of drug-likeness (QED) is 0.907. The van der Waals surface area contributed by atoms with Crippen LogP contribution >= 0.6 is 15.9 Å². The van der Waals surface area contributed by atoms with Crippen LogP contribution < -0.4 is 10.1 Å². The number of ether oxygens (including phenoxy) is 1. The molecule has 106 valence electrons. The van der Waals surface area contributed by atoms with Gasteiger partial charge in [-0.3, -0.25) is 0 Å². The van der Waals surface area contributed by atoms with E-state index in [1.807, 2.05) is 33.0 Å². The zero-order valence-electron chi connectivity index (χ0n) is 12.1. The number of nitrogens with zero attached hydrogens (tertiary/aromatic N) is 2. The molecule has 1 aromatic carbocycles. The third-order valence-corrected chi connectivity index (χ3v) is 4.37.